The number of hydrogen-bond acceptors (Lipinski definition) is 5. The van der Waals surface area contributed by atoms with Gasteiger partial charge in [-0.2, -0.15) is 13.2 Å². The Kier molecular flexibility index (Phi) is 7.71. The zero-order chi connectivity index (χ0) is 29.6. The molecule has 0 amide bonds. The van der Waals surface area contributed by atoms with Crippen LogP contribution in [-0.2, 0) is 12.6 Å². The third kappa shape index (κ3) is 5.61. The Morgan fingerprint density at radius 3 is 2.59 bits per heavy atom. The summed E-state index contributed by atoms with van der Waals surface area (Å²) in [7, 11) is 3.18. The number of thiocarbonyl (C=S) groups is 1. The summed E-state index contributed by atoms with van der Waals surface area (Å²) >= 11 is 5.61. The molecule has 41 heavy (non-hydrogen) atoms. The number of benzene rings is 2. The average molecular weight is 592 g/mol. The second-order valence-corrected chi connectivity index (χ2v) is 11.0. The maximum atomic E-state index is 15.8. The summed E-state index contributed by atoms with van der Waals surface area (Å²) in [4.78, 5) is 28.9. The van der Waals surface area contributed by atoms with Crippen molar-refractivity contribution in [1.82, 2.24) is 9.47 Å². The first-order valence-electron chi connectivity index (χ1n) is 13.3. The Bertz CT molecular complexity index is 1580. The summed E-state index contributed by atoms with van der Waals surface area (Å²) < 4.78 is 62.7. The fraction of sp³-hybridized carbons (Fsp3) is 0.414. The largest absolute Gasteiger partial charge is 0.492 e. The molecule has 1 aromatic heterocycles. The molecule has 1 unspecified atom stereocenters. The lowest BCUT2D eigenvalue weighted by molar-refractivity contribution is -0.137. The molecule has 1 N–H and O–H groups in total. The molecule has 0 radical (unpaired) electrons. The van der Waals surface area contributed by atoms with Crippen LogP contribution >= 0.6 is 12.2 Å². The maximum absolute atomic E-state index is 15.8. The fourth-order valence-electron chi connectivity index (χ4n) is 5.56. The van der Waals surface area contributed by atoms with Crippen LogP contribution in [-0.4, -0.2) is 58.8 Å². The number of carbonyl (C=O) groups is 1. The number of rotatable bonds is 7. The van der Waals surface area contributed by atoms with Crippen LogP contribution in [0.25, 0.3) is 10.9 Å². The summed E-state index contributed by atoms with van der Waals surface area (Å²) in [5.41, 5.74) is -0.943. The molecule has 1 saturated carbocycles. The maximum Gasteiger partial charge on any atom is 0.416 e. The number of hydrogen-bond donors (Lipinski definition) is 1. The molecule has 3 aromatic rings. The van der Waals surface area contributed by atoms with E-state index < -0.39 is 34.5 Å². The highest BCUT2D eigenvalue weighted by Gasteiger charge is 2.34. The van der Waals surface area contributed by atoms with Gasteiger partial charge in [-0.3, -0.25) is 4.79 Å². The molecule has 1 aliphatic carbocycles. The minimum absolute atomic E-state index is 0.0168. The van der Waals surface area contributed by atoms with Gasteiger partial charge in [0, 0.05) is 44.8 Å². The summed E-state index contributed by atoms with van der Waals surface area (Å²) in [6, 6.07) is 6.00. The van der Waals surface area contributed by atoms with E-state index in [4.69, 9.17) is 17.0 Å². The van der Waals surface area contributed by atoms with E-state index in [1.54, 1.807) is 17.7 Å². The van der Waals surface area contributed by atoms with Gasteiger partial charge >= 0.3 is 12.1 Å². The highest BCUT2D eigenvalue weighted by Crippen LogP contribution is 2.44. The molecule has 5 rings (SSSR count). The number of anilines is 1. The molecular weight excluding hydrogens is 562 g/mol. The number of nitrogens with zero attached hydrogens (tertiary/aromatic N) is 3. The van der Waals surface area contributed by atoms with Gasteiger partial charge in [-0.15, -0.1) is 0 Å². The van der Waals surface area contributed by atoms with E-state index in [2.05, 4.69) is 0 Å². The Labute approximate surface area is 238 Å². The number of pyridine rings is 1. The Morgan fingerprint density at radius 1 is 1.22 bits per heavy atom. The van der Waals surface area contributed by atoms with Gasteiger partial charge in [-0.25, -0.2) is 9.18 Å². The van der Waals surface area contributed by atoms with Gasteiger partial charge in [0.25, 0.3) is 0 Å². The topological polar surface area (TPSA) is 75.0 Å². The molecular formula is C29H29F4N3O4S. The average Bonchev–Trinajstić information content (AvgIpc) is 3.77. The van der Waals surface area contributed by atoms with Crippen molar-refractivity contribution in [3.63, 3.8) is 0 Å². The second kappa shape index (κ2) is 11.0. The van der Waals surface area contributed by atoms with Gasteiger partial charge in [0.1, 0.15) is 11.3 Å². The van der Waals surface area contributed by atoms with Crippen LogP contribution in [0, 0.1) is 5.82 Å². The second-order valence-electron chi connectivity index (χ2n) is 10.6. The van der Waals surface area contributed by atoms with E-state index in [9.17, 15) is 27.9 Å². The highest BCUT2D eigenvalue weighted by atomic mass is 32.1. The van der Waals surface area contributed by atoms with Crippen molar-refractivity contribution in [3.8, 4) is 5.75 Å². The minimum Gasteiger partial charge on any atom is -0.492 e. The fourth-order valence-corrected chi connectivity index (χ4v) is 5.87. The quantitative estimate of drug-likeness (QED) is 0.280. The van der Waals surface area contributed by atoms with Crippen LogP contribution in [0.4, 0.5) is 23.2 Å². The van der Waals surface area contributed by atoms with Crippen LogP contribution in [0.15, 0.2) is 41.3 Å². The molecule has 12 heteroatoms. The molecule has 1 atom stereocenters. The van der Waals surface area contributed by atoms with Crippen LogP contribution in [0.1, 0.15) is 53.2 Å². The number of likely N-dealkylation sites (N-methyl/N-ethyl adjacent to an activating group) is 1. The van der Waals surface area contributed by atoms with Crippen molar-refractivity contribution in [3.05, 3.63) is 69.3 Å². The van der Waals surface area contributed by atoms with Gasteiger partial charge in [0.15, 0.2) is 11.6 Å². The van der Waals surface area contributed by atoms with E-state index in [0.717, 1.165) is 37.5 Å². The van der Waals surface area contributed by atoms with Crippen molar-refractivity contribution in [2.45, 2.75) is 50.4 Å². The first-order valence-corrected chi connectivity index (χ1v) is 13.7. The third-order valence-corrected chi connectivity index (χ3v) is 8.27. The molecule has 2 fully saturated rings. The first-order chi connectivity index (χ1) is 19.4. The number of aromatic nitrogens is 1. The number of alkyl halides is 3. The molecule has 2 aromatic carbocycles. The number of halogens is 4. The van der Waals surface area contributed by atoms with E-state index in [-0.39, 0.29) is 35.3 Å². The molecule has 2 heterocycles. The van der Waals surface area contributed by atoms with E-state index in [1.165, 1.54) is 19.4 Å². The minimum atomic E-state index is -4.45. The Hall–Kier alpha value is -3.67. The van der Waals surface area contributed by atoms with Crippen molar-refractivity contribution in [2.24, 2.45) is 0 Å². The molecule has 1 saturated heterocycles. The Balaban J connectivity index is 1.45. The lowest BCUT2D eigenvalue weighted by Crippen LogP contribution is -2.49. The highest BCUT2D eigenvalue weighted by molar-refractivity contribution is 7.80. The van der Waals surface area contributed by atoms with Gasteiger partial charge in [-0.05, 0) is 43.4 Å². The normalized spacial score (nSPS) is 17.5. The summed E-state index contributed by atoms with van der Waals surface area (Å²) in [5, 5.41) is 9.51. The molecule has 0 bridgehead atoms. The summed E-state index contributed by atoms with van der Waals surface area (Å²) in [5.74, 6) is -1.92. The predicted molar refractivity (Wildman–Crippen MR) is 151 cm³/mol. The number of fused-ring (bicyclic) bond motifs is 1. The van der Waals surface area contributed by atoms with Gasteiger partial charge < -0.3 is 24.2 Å². The number of carboxylic acid groups (broad SMARTS) is 1. The first kappa shape index (κ1) is 28.8. The van der Waals surface area contributed by atoms with E-state index >= 15 is 4.39 Å². The zero-order valence-electron chi connectivity index (χ0n) is 22.5. The SMILES string of the molecule is COc1c(N2CCCC(N(C)C(=S)Cc3cccc(C(F)(F)F)c3)C2)c(F)cc2c(=O)c(C(=O)O)cn(C3CC3)c12. The molecule has 0 spiro atoms. The van der Waals surface area contributed by atoms with Gasteiger partial charge in [0.05, 0.1) is 28.6 Å². The van der Waals surface area contributed by atoms with Crippen LogP contribution in [0.2, 0.25) is 0 Å². The lowest BCUT2D eigenvalue weighted by atomic mass is 10.0. The van der Waals surface area contributed by atoms with Crippen LogP contribution in [0.3, 0.4) is 0 Å². The lowest BCUT2D eigenvalue weighted by Gasteiger charge is -2.40. The zero-order valence-corrected chi connectivity index (χ0v) is 23.3. The van der Waals surface area contributed by atoms with Gasteiger partial charge in [0.2, 0.25) is 5.43 Å². The van der Waals surface area contributed by atoms with Crippen molar-refractivity contribution < 1.29 is 32.2 Å². The summed E-state index contributed by atoms with van der Waals surface area (Å²) in [6.45, 7) is 0.864. The molecule has 1 aliphatic heterocycles. The number of carboxylic acids is 1. The number of ether oxygens (including phenoxy) is 1. The van der Waals surface area contributed by atoms with Gasteiger partial charge in [-0.1, -0.05) is 30.4 Å². The van der Waals surface area contributed by atoms with Crippen molar-refractivity contribution >= 4 is 39.8 Å². The molecule has 2 aliphatic rings. The van der Waals surface area contributed by atoms with Crippen molar-refractivity contribution in [2.75, 3.05) is 32.1 Å². The number of aromatic carboxylic acids is 1. The monoisotopic (exact) mass is 591 g/mol. The van der Waals surface area contributed by atoms with Crippen LogP contribution in [0.5, 0.6) is 5.75 Å². The number of methoxy groups -OCH3 is 1. The van der Waals surface area contributed by atoms with Crippen molar-refractivity contribution in [1.29, 1.82) is 0 Å². The Morgan fingerprint density at radius 2 is 1.95 bits per heavy atom. The van der Waals surface area contributed by atoms with E-state index in [0.29, 0.717) is 35.6 Å². The van der Waals surface area contributed by atoms with E-state index in [1.807, 2.05) is 9.80 Å². The standard InChI is InChI=1S/C29H29F4N3O4S/c1-34(23(41)12-16-5-3-6-17(11-16)29(31,32)33)19-7-4-10-35(14-19)25-22(30)13-20-24(27(25)40-2)36(18-8-9-18)15-21(26(20)37)28(38)39/h3,5-6,11,13,15,18-19H,4,7-10,12,14H2,1-2H3,(H,38,39). The summed E-state index contributed by atoms with van der Waals surface area (Å²) in [6.07, 6.45) is 0.0419. The third-order valence-electron chi connectivity index (χ3n) is 7.84. The van der Waals surface area contributed by atoms with Crippen LogP contribution < -0.4 is 15.1 Å². The molecule has 7 nitrogen and oxygen atoms in total. The molecule has 218 valence electrons. The smallest absolute Gasteiger partial charge is 0.416 e. The number of piperidine rings is 1. The predicted octanol–water partition coefficient (Wildman–Crippen LogP) is 5.67.